The average molecular weight is 265 g/mol. The molecule has 0 saturated heterocycles. The highest BCUT2D eigenvalue weighted by Gasteiger charge is 2.02. The van der Waals surface area contributed by atoms with E-state index in [0.717, 1.165) is 10.2 Å². The van der Waals surface area contributed by atoms with Crippen LogP contribution in [0.3, 0.4) is 0 Å². The van der Waals surface area contributed by atoms with E-state index in [1.807, 2.05) is 6.07 Å². The van der Waals surface area contributed by atoms with Gasteiger partial charge in [0.15, 0.2) is 0 Å². The predicted molar refractivity (Wildman–Crippen MR) is 56.7 cm³/mol. The molecule has 0 radical (unpaired) electrons. The zero-order valence-electron chi connectivity index (χ0n) is 7.22. The lowest BCUT2D eigenvalue weighted by Gasteiger charge is -2.02. The number of hydrogen-bond donors (Lipinski definition) is 0. The second kappa shape index (κ2) is 5.62. The Kier molecular flexibility index (Phi) is 4.77. The molecule has 0 heterocycles. The van der Waals surface area contributed by atoms with Crippen LogP contribution < -0.4 is 0 Å². The molecule has 0 saturated carbocycles. The highest BCUT2D eigenvalue weighted by Crippen LogP contribution is 2.24. The van der Waals surface area contributed by atoms with E-state index in [-0.39, 0.29) is 5.82 Å². The Morgan fingerprint density at radius 3 is 2.92 bits per heavy atom. The smallest absolute Gasteiger partial charge is 0.137 e. The van der Waals surface area contributed by atoms with Crippen LogP contribution in [0.4, 0.5) is 4.39 Å². The van der Waals surface area contributed by atoms with Gasteiger partial charge in [-0.05, 0) is 18.2 Å². The number of ether oxygens (including phenoxy) is 1. The van der Waals surface area contributed by atoms with Crippen LogP contribution in [-0.4, -0.2) is 19.5 Å². The number of methoxy groups -OCH3 is 1. The van der Waals surface area contributed by atoms with E-state index < -0.39 is 0 Å². The summed E-state index contributed by atoms with van der Waals surface area (Å²) in [6.07, 6.45) is 0. The van der Waals surface area contributed by atoms with E-state index in [1.54, 1.807) is 13.2 Å². The van der Waals surface area contributed by atoms with Gasteiger partial charge in [-0.1, -0.05) is 15.9 Å². The fourth-order valence-electron chi connectivity index (χ4n) is 0.827. The summed E-state index contributed by atoms with van der Waals surface area (Å²) < 4.78 is 18.8. The zero-order chi connectivity index (χ0) is 9.68. The van der Waals surface area contributed by atoms with Gasteiger partial charge in [-0.15, -0.1) is 11.8 Å². The molecule has 0 aliphatic rings. The Labute approximate surface area is 89.8 Å². The molecule has 0 aliphatic heterocycles. The van der Waals surface area contributed by atoms with Crippen LogP contribution in [0.15, 0.2) is 27.6 Å². The van der Waals surface area contributed by atoms with E-state index in [9.17, 15) is 4.39 Å². The molecule has 4 heteroatoms. The van der Waals surface area contributed by atoms with E-state index >= 15 is 0 Å². The molecule has 1 nitrogen and oxygen atoms in total. The van der Waals surface area contributed by atoms with E-state index in [1.165, 1.54) is 17.8 Å². The Morgan fingerprint density at radius 2 is 2.31 bits per heavy atom. The number of hydrogen-bond acceptors (Lipinski definition) is 2. The van der Waals surface area contributed by atoms with Gasteiger partial charge in [-0.2, -0.15) is 0 Å². The van der Waals surface area contributed by atoms with Crippen molar-refractivity contribution >= 4 is 27.7 Å². The lowest BCUT2D eigenvalue weighted by Crippen LogP contribution is -1.92. The first kappa shape index (κ1) is 11.0. The lowest BCUT2D eigenvalue weighted by atomic mass is 10.3. The SMILES string of the molecule is COCCSc1ccc(Br)cc1F. The van der Waals surface area contributed by atoms with Gasteiger partial charge in [0.25, 0.3) is 0 Å². The second-order valence-electron chi connectivity index (χ2n) is 2.42. The van der Waals surface area contributed by atoms with Crippen LogP contribution in [0, 0.1) is 5.82 Å². The number of benzene rings is 1. The third-order valence-corrected chi connectivity index (χ3v) is 2.95. The first-order chi connectivity index (χ1) is 6.24. The van der Waals surface area contributed by atoms with Gasteiger partial charge in [-0.3, -0.25) is 0 Å². The Balaban J connectivity index is 2.56. The topological polar surface area (TPSA) is 9.23 Å². The van der Waals surface area contributed by atoms with Crippen molar-refractivity contribution in [2.45, 2.75) is 4.90 Å². The first-order valence-corrected chi connectivity index (χ1v) is 5.58. The normalized spacial score (nSPS) is 10.4. The van der Waals surface area contributed by atoms with Crippen molar-refractivity contribution in [3.63, 3.8) is 0 Å². The lowest BCUT2D eigenvalue weighted by molar-refractivity contribution is 0.218. The summed E-state index contributed by atoms with van der Waals surface area (Å²) in [5.41, 5.74) is 0. The van der Waals surface area contributed by atoms with Crippen molar-refractivity contribution in [2.24, 2.45) is 0 Å². The minimum Gasteiger partial charge on any atom is -0.384 e. The maximum Gasteiger partial charge on any atom is 0.137 e. The molecular weight excluding hydrogens is 255 g/mol. The number of halogens is 2. The molecule has 0 spiro atoms. The van der Waals surface area contributed by atoms with E-state index in [2.05, 4.69) is 15.9 Å². The molecule has 0 N–H and O–H groups in total. The molecule has 1 rings (SSSR count). The van der Waals surface area contributed by atoms with Gasteiger partial charge in [0.05, 0.1) is 6.61 Å². The van der Waals surface area contributed by atoms with Crippen LogP contribution in [-0.2, 0) is 4.74 Å². The van der Waals surface area contributed by atoms with Gasteiger partial charge >= 0.3 is 0 Å². The molecule has 0 amide bonds. The fraction of sp³-hybridized carbons (Fsp3) is 0.333. The molecule has 0 atom stereocenters. The first-order valence-electron chi connectivity index (χ1n) is 3.81. The third kappa shape index (κ3) is 3.67. The average Bonchev–Trinajstić information content (AvgIpc) is 2.09. The number of rotatable bonds is 4. The van der Waals surface area contributed by atoms with Gasteiger partial charge < -0.3 is 4.74 Å². The van der Waals surface area contributed by atoms with Gasteiger partial charge in [0.1, 0.15) is 5.82 Å². The van der Waals surface area contributed by atoms with E-state index in [0.29, 0.717) is 11.5 Å². The Morgan fingerprint density at radius 1 is 1.54 bits per heavy atom. The standard InChI is InChI=1S/C9H10BrFOS/c1-12-4-5-13-9-3-2-7(10)6-8(9)11/h2-3,6H,4-5H2,1H3. The van der Waals surface area contributed by atoms with Gasteiger partial charge in [0.2, 0.25) is 0 Å². The molecule has 1 aromatic rings. The molecule has 13 heavy (non-hydrogen) atoms. The summed E-state index contributed by atoms with van der Waals surface area (Å²) in [4.78, 5) is 0.667. The largest absolute Gasteiger partial charge is 0.384 e. The van der Waals surface area contributed by atoms with Gasteiger partial charge in [-0.25, -0.2) is 4.39 Å². The molecule has 0 aromatic heterocycles. The molecule has 0 aliphatic carbocycles. The summed E-state index contributed by atoms with van der Waals surface area (Å²) >= 11 is 4.66. The summed E-state index contributed by atoms with van der Waals surface area (Å²) in [6, 6.07) is 5.06. The maximum absolute atomic E-state index is 13.2. The fourth-order valence-corrected chi connectivity index (χ4v) is 1.99. The van der Waals surface area contributed by atoms with Crippen molar-refractivity contribution in [1.29, 1.82) is 0 Å². The van der Waals surface area contributed by atoms with Crippen molar-refractivity contribution in [2.75, 3.05) is 19.5 Å². The van der Waals surface area contributed by atoms with Crippen LogP contribution in [0.1, 0.15) is 0 Å². The van der Waals surface area contributed by atoms with Crippen molar-refractivity contribution in [3.8, 4) is 0 Å². The highest BCUT2D eigenvalue weighted by molar-refractivity contribution is 9.10. The van der Waals surface area contributed by atoms with Crippen LogP contribution in [0.2, 0.25) is 0 Å². The minimum atomic E-state index is -0.185. The summed E-state index contributed by atoms with van der Waals surface area (Å²) in [6.45, 7) is 0.639. The minimum absolute atomic E-state index is 0.185. The maximum atomic E-state index is 13.2. The molecule has 0 fully saturated rings. The molecule has 1 aromatic carbocycles. The van der Waals surface area contributed by atoms with Crippen LogP contribution >= 0.6 is 27.7 Å². The summed E-state index contributed by atoms with van der Waals surface area (Å²) in [7, 11) is 1.64. The number of thioether (sulfide) groups is 1. The van der Waals surface area contributed by atoms with Crippen LogP contribution in [0.5, 0.6) is 0 Å². The van der Waals surface area contributed by atoms with E-state index in [4.69, 9.17) is 4.74 Å². The molecule has 72 valence electrons. The molecule has 0 unspecified atom stereocenters. The zero-order valence-corrected chi connectivity index (χ0v) is 9.62. The van der Waals surface area contributed by atoms with Crippen molar-refractivity contribution in [1.82, 2.24) is 0 Å². The molecule has 0 bridgehead atoms. The Bertz CT molecular complexity index is 280. The monoisotopic (exact) mass is 264 g/mol. The predicted octanol–water partition coefficient (Wildman–Crippen LogP) is 3.33. The summed E-state index contributed by atoms with van der Waals surface area (Å²) in [5, 5.41) is 0. The van der Waals surface area contributed by atoms with Crippen LogP contribution in [0.25, 0.3) is 0 Å². The Hall–Kier alpha value is -0.0600. The van der Waals surface area contributed by atoms with Crippen molar-refractivity contribution in [3.05, 3.63) is 28.5 Å². The molecular formula is C9H10BrFOS. The summed E-state index contributed by atoms with van der Waals surface area (Å²) in [5.74, 6) is 0.588. The quantitative estimate of drug-likeness (QED) is 0.610. The highest BCUT2D eigenvalue weighted by atomic mass is 79.9. The van der Waals surface area contributed by atoms with Crippen molar-refractivity contribution < 1.29 is 9.13 Å². The second-order valence-corrected chi connectivity index (χ2v) is 4.47. The van der Waals surface area contributed by atoms with Gasteiger partial charge in [0, 0.05) is 22.2 Å². The third-order valence-electron chi connectivity index (χ3n) is 1.44.